The van der Waals surface area contributed by atoms with E-state index in [-0.39, 0.29) is 5.91 Å². The second-order valence-electron chi connectivity index (χ2n) is 4.11. The van der Waals surface area contributed by atoms with Gasteiger partial charge >= 0.3 is 5.63 Å². The molecular weight excluding hydrogens is 310 g/mol. The Kier molecular flexibility index (Phi) is 3.85. The summed E-state index contributed by atoms with van der Waals surface area (Å²) >= 11 is 3.36. The average molecular weight is 322 g/mol. The topological polar surface area (TPSA) is 59.3 Å². The van der Waals surface area contributed by atoms with Gasteiger partial charge in [-0.3, -0.25) is 4.79 Å². The van der Waals surface area contributed by atoms with Crippen molar-refractivity contribution < 1.29 is 9.21 Å². The number of benzene rings is 1. The average Bonchev–Trinajstić information content (AvgIpc) is 2.30. The first-order valence-electron chi connectivity index (χ1n) is 5.66. The number of rotatable bonds is 2. The summed E-state index contributed by atoms with van der Waals surface area (Å²) in [6.45, 7) is 3.31. The molecule has 98 valence electrons. The van der Waals surface area contributed by atoms with E-state index in [2.05, 4.69) is 21.2 Å². The molecule has 5 heteroatoms. The van der Waals surface area contributed by atoms with Gasteiger partial charge in [0.2, 0.25) is 0 Å². The molecule has 1 N–H and O–H groups in total. The first-order valence-corrected chi connectivity index (χ1v) is 6.45. The predicted molar refractivity (Wildman–Crippen MR) is 76.5 cm³/mol. The van der Waals surface area contributed by atoms with Gasteiger partial charge < -0.3 is 9.73 Å². The third-order valence-corrected chi connectivity index (χ3v) is 3.38. The van der Waals surface area contributed by atoms with E-state index in [4.69, 9.17) is 4.42 Å². The van der Waals surface area contributed by atoms with Crippen LogP contribution in [0, 0.1) is 13.8 Å². The lowest BCUT2D eigenvalue weighted by Crippen LogP contribution is -2.17. The minimum atomic E-state index is -0.451. The Morgan fingerprint density at radius 1 is 1.26 bits per heavy atom. The second kappa shape index (κ2) is 5.40. The fourth-order valence-corrected chi connectivity index (χ4v) is 2.23. The Balaban J connectivity index is 2.36. The maximum atomic E-state index is 12.2. The monoisotopic (exact) mass is 321 g/mol. The van der Waals surface area contributed by atoms with Crippen LogP contribution >= 0.6 is 15.9 Å². The third-order valence-electron chi connectivity index (χ3n) is 2.68. The fourth-order valence-electron chi connectivity index (χ4n) is 1.84. The molecule has 0 radical (unpaired) electrons. The third kappa shape index (κ3) is 2.93. The van der Waals surface area contributed by atoms with Gasteiger partial charge in [-0.05, 0) is 47.5 Å². The van der Waals surface area contributed by atoms with Gasteiger partial charge in [-0.15, -0.1) is 0 Å². The standard InChI is InChI=1S/C14H12BrNO3/c1-8-7-12(17)19-9(2)13(8)14(18)16-11-6-4-3-5-10(11)15/h3-7H,1-2H3,(H,16,18). The first kappa shape index (κ1) is 13.5. The van der Waals surface area contributed by atoms with E-state index >= 15 is 0 Å². The zero-order valence-electron chi connectivity index (χ0n) is 10.5. The number of amides is 1. The lowest BCUT2D eigenvalue weighted by Gasteiger charge is -2.10. The summed E-state index contributed by atoms with van der Waals surface area (Å²) in [5, 5.41) is 2.78. The van der Waals surface area contributed by atoms with Gasteiger partial charge in [-0.2, -0.15) is 0 Å². The molecule has 2 rings (SSSR count). The van der Waals surface area contributed by atoms with Crippen molar-refractivity contribution in [3.8, 4) is 0 Å². The Hall–Kier alpha value is -1.88. The molecule has 0 spiro atoms. The van der Waals surface area contributed by atoms with Gasteiger partial charge in [-0.1, -0.05) is 12.1 Å². The van der Waals surface area contributed by atoms with Crippen LogP contribution < -0.4 is 10.9 Å². The summed E-state index contributed by atoms with van der Waals surface area (Å²) in [4.78, 5) is 23.4. The van der Waals surface area contributed by atoms with Crippen molar-refractivity contribution in [2.24, 2.45) is 0 Å². The number of anilines is 1. The van der Waals surface area contributed by atoms with Crippen molar-refractivity contribution in [2.75, 3.05) is 5.32 Å². The SMILES string of the molecule is Cc1cc(=O)oc(C)c1C(=O)Nc1ccccc1Br. The summed E-state index contributed by atoms with van der Waals surface area (Å²) in [6, 6.07) is 8.61. The summed E-state index contributed by atoms with van der Waals surface area (Å²) in [6.07, 6.45) is 0. The number of nitrogens with one attached hydrogen (secondary N) is 1. The van der Waals surface area contributed by atoms with Gasteiger partial charge in [-0.25, -0.2) is 4.79 Å². The number of para-hydroxylation sites is 1. The first-order chi connectivity index (χ1) is 8.99. The number of carbonyl (C=O) groups excluding carboxylic acids is 1. The van der Waals surface area contributed by atoms with Crippen molar-refractivity contribution in [1.82, 2.24) is 0 Å². The number of hydrogen-bond acceptors (Lipinski definition) is 3. The Morgan fingerprint density at radius 2 is 1.95 bits per heavy atom. The molecule has 0 aliphatic rings. The highest BCUT2D eigenvalue weighted by molar-refractivity contribution is 9.10. The number of carbonyl (C=O) groups is 1. The molecule has 19 heavy (non-hydrogen) atoms. The highest BCUT2D eigenvalue weighted by atomic mass is 79.9. The predicted octanol–water partition coefficient (Wildman–Crippen LogP) is 3.27. The number of aryl methyl sites for hydroxylation is 2. The van der Waals surface area contributed by atoms with Crippen LogP contribution in [0.4, 0.5) is 5.69 Å². The lowest BCUT2D eigenvalue weighted by atomic mass is 10.1. The van der Waals surface area contributed by atoms with Crippen molar-refractivity contribution in [3.63, 3.8) is 0 Å². The highest BCUT2D eigenvalue weighted by Crippen LogP contribution is 2.22. The van der Waals surface area contributed by atoms with Gasteiger partial charge in [0.25, 0.3) is 5.91 Å². The smallest absolute Gasteiger partial charge is 0.336 e. The molecule has 0 fully saturated rings. The summed E-state index contributed by atoms with van der Waals surface area (Å²) in [5.74, 6) is 0.0141. The lowest BCUT2D eigenvalue weighted by molar-refractivity contribution is 0.102. The maximum absolute atomic E-state index is 12.2. The van der Waals surface area contributed by atoms with Crippen LogP contribution in [-0.4, -0.2) is 5.91 Å². The van der Waals surface area contributed by atoms with E-state index in [0.29, 0.717) is 22.6 Å². The fraction of sp³-hybridized carbons (Fsp3) is 0.143. The molecule has 1 aromatic carbocycles. The summed E-state index contributed by atoms with van der Waals surface area (Å²) in [7, 11) is 0. The van der Waals surface area contributed by atoms with Crippen LogP contribution in [0.1, 0.15) is 21.7 Å². The van der Waals surface area contributed by atoms with Gasteiger partial charge in [0, 0.05) is 10.5 Å². The molecule has 0 aliphatic carbocycles. The van der Waals surface area contributed by atoms with Crippen LogP contribution in [0.5, 0.6) is 0 Å². The van der Waals surface area contributed by atoms with Crippen LogP contribution in [0.3, 0.4) is 0 Å². The quantitative estimate of drug-likeness (QED) is 0.923. The largest absolute Gasteiger partial charge is 0.427 e. The van der Waals surface area contributed by atoms with Crippen LogP contribution in [0.15, 0.2) is 44.0 Å². The zero-order valence-corrected chi connectivity index (χ0v) is 12.1. The molecule has 4 nitrogen and oxygen atoms in total. The molecule has 0 bridgehead atoms. The van der Waals surface area contributed by atoms with E-state index in [1.54, 1.807) is 19.9 Å². The molecule has 1 aromatic heterocycles. The normalized spacial score (nSPS) is 10.3. The van der Waals surface area contributed by atoms with E-state index in [1.807, 2.05) is 18.2 Å². The molecular formula is C14H12BrNO3. The Morgan fingerprint density at radius 3 is 2.58 bits per heavy atom. The molecule has 0 saturated carbocycles. The van der Waals surface area contributed by atoms with E-state index in [0.717, 1.165) is 4.47 Å². The van der Waals surface area contributed by atoms with Crippen molar-refractivity contribution in [3.05, 3.63) is 62.1 Å². The number of hydrogen-bond donors (Lipinski definition) is 1. The molecule has 0 unspecified atom stereocenters. The van der Waals surface area contributed by atoms with E-state index < -0.39 is 5.63 Å². The Bertz CT molecular complexity index is 665. The highest BCUT2D eigenvalue weighted by Gasteiger charge is 2.16. The minimum absolute atomic E-state index is 0.300. The molecule has 1 heterocycles. The number of halogens is 1. The molecule has 1 amide bonds. The Labute approximate surface area is 118 Å². The maximum Gasteiger partial charge on any atom is 0.336 e. The minimum Gasteiger partial charge on any atom is -0.427 e. The van der Waals surface area contributed by atoms with E-state index in [1.165, 1.54) is 6.07 Å². The summed E-state index contributed by atoms with van der Waals surface area (Å²) < 4.78 is 5.74. The molecule has 0 aliphatic heterocycles. The van der Waals surface area contributed by atoms with Gasteiger partial charge in [0.05, 0.1) is 11.3 Å². The second-order valence-corrected chi connectivity index (χ2v) is 4.97. The molecule has 0 atom stereocenters. The zero-order chi connectivity index (χ0) is 14.0. The van der Waals surface area contributed by atoms with Crippen molar-refractivity contribution in [1.29, 1.82) is 0 Å². The van der Waals surface area contributed by atoms with Crippen molar-refractivity contribution in [2.45, 2.75) is 13.8 Å². The van der Waals surface area contributed by atoms with Gasteiger partial charge in [0.15, 0.2) is 0 Å². The van der Waals surface area contributed by atoms with Crippen LogP contribution in [-0.2, 0) is 0 Å². The summed E-state index contributed by atoms with van der Waals surface area (Å²) in [5.41, 5.74) is 1.19. The van der Waals surface area contributed by atoms with Crippen molar-refractivity contribution >= 4 is 27.5 Å². The molecule has 0 saturated heterocycles. The van der Waals surface area contributed by atoms with Crippen LogP contribution in [0.2, 0.25) is 0 Å². The van der Waals surface area contributed by atoms with Crippen LogP contribution in [0.25, 0.3) is 0 Å². The van der Waals surface area contributed by atoms with E-state index in [9.17, 15) is 9.59 Å². The molecule has 2 aromatic rings. The van der Waals surface area contributed by atoms with Gasteiger partial charge in [0.1, 0.15) is 5.76 Å².